The van der Waals surface area contributed by atoms with Crippen molar-refractivity contribution < 1.29 is 18.3 Å². The van der Waals surface area contributed by atoms with Gasteiger partial charge in [-0.25, -0.2) is 8.78 Å². The molecular weight excluding hydrogens is 350 g/mol. The smallest absolute Gasteiger partial charge is 0.252 e. The van der Waals surface area contributed by atoms with E-state index >= 15 is 0 Å². The third-order valence-corrected chi connectivity index (χ3v) is 5.08. The number of rotatable bonds is 5. The van der Waals surface area contributed by atoms with Crippen molar-refractivity contribution in [2.75, 3.05) is 6.54 Å². The fraction of sp³-hybridized carbons (Fsp3) is 0.611. The normalized spacial score (nSPS) is 23.5. The molecule has 4 nitrogen and oxygen atoms in total. The van der Waals surface area contributed by atoms with Crippen LogP contribution < -0.4 is 5.73 Å². The summed E-state index contributed by atoms with van der Waals surface area (Å²) in [5.41, 5.74) is 5.56. The molecule has 140 valence electrons. The SMILES string of the molecule is Cl.NC[C@H]1CC[C@@H](C(=O)N(Cc2c(F)cccc2F)C2CCCC2)O1. The summed E-state index contributed by atoms with van der Waals surface area (Å²) >= 11 is 0. The second-order valence-electron chi connectivity index (χ2n) is 6.66. The minimum Gasteiger partial charge on any atom is -0.364 e. The quantitative estimate of drug-likeness (QED) is 0.861. The molecule has 0 bridgehead atoms. The summed E-state index contributed by atoms with van der Waals surface area (Å²) in [6.07, 6.45) is 4.52. The van der Waals surface area contributed by atoms with Gasteiger partial charge in [-0.15, -0.1) is 12.4 Å². The van der Waals surface area contributed by atoms with Gasteiger partial charge in [0.05, 0.1) is 12.6 Å². The van der Waals surface area contributed by atoms with Gasteiger partial charge in [-0.3, -0.25) is 4.79 Å². The Morgan fingerprint density at radius 3 is 2.36 bits per heavy atom. The highest BCUT2D eigenvalue weighted by molar-refractivity contribution is 5.85. The molecule has 1 saturated heterocycles. The molecule has 0 radical (unpaired) electrons. The fourth-order valence-electron chi connectivity index (χ4n) is 3.70. The van der Waals surface area contributed by atoms with Crippen molar-refractivity contribution in [3.63, 3.8) is 0 Å². The predicted octanol–water partition coefficient (Wildman–Crippen LogP) is 3.16. The van der Waals surface area contributed by atoms with Crippen LogP contribution >= 0.6 is 12.4 Å². The molecule has 25 heavy (non-hydrogen) atoms. The molecule has 2 fully saturated rings. The average Bonchev–Trinajstić information content (AvgIpc) is 3.25. The van der Waals surface area contributed by atoms with E-state index < -0.39 is 17.7 Å². The van der Waals surface area contributed by atoms with Crippen LogP contribution in [-0.2, 0) is 16.1 Å². The number of carbonyl (C=O) groups is 1. The van der Waals surface area contributed by atoms with Crippen molar-refractivity contribution >= 4 is 18.3 Å². The van der Waals surface area contributed by atoms with Crippen LogP contribution in [0.2, 0.25) is 0 Å². The lowest BCUT2D eigenvalue weighted by Gasteiger charge is -2.31. The molecule has 2 aliphatic rings. The Hall–Kier alpha value is -1.24. The van der Waals surface area contributed by atoms with Crippen LogP contribution in [0.5, 0.6) is 0 Å². The van der Waals surface area contributed by atoms with Gasteiger partial charge in [0.15, 0.2) is 0 Å². The molecule has 1 aliphatic carbocycles. The van der Waals surface area contributed by atoms with Crippen molar-refractivity contribution in [2.45, 2.75) is 63.3 Å². The molecule has 1 heterocycles. The van der Waals surface area contributed by atoms with Crippen LogP contribution in [0, 0.1) is 11.6 Å². The molecule has 3 rings (SSSR count). The van der Waals surface area contributed by atoms with E-state index in [9.17, 15) is 13.6 Å². The first-order valence-electron chi connectivity index (χ1n) is 8.69. The Kier molecular flexibility index (Phi) is 7.16. The Morgan fingerprint density at radius 2 is 1.80 bits per heavy atom. The van der Waals surface area contributed by atoms with E-state index in [2.05, 4.69) is 0 Å². The van der Waals surface area contributed by atoms with E-state index in [1.54, 1.807) is 4.90 Å². The maximum atomic E-state index is 14.0. The summed E-state index contributed by atoms with van der Waals surface area (Å²) in [5.74, 6) is -1.39. The number of ether oxygens (including phenoxy) is 1. The lowest BCUT2D eigenvalue weighted by Crippen LogP contribution is -2.44. The van der Waals surface area contributed by atoms with Gasteiger partial charge in [-0.2, -0.15) is 0 Å². The summed E-state index contributed by atoms with van der Waals surface area (Å²) < 4.78 is 33.8. The summed E-state index contributed by atoms with van der Waals surface area (Å²) in [6, 6.07) is 3.82. The van der Waals surface area contributed by atoms with Crippen LogP contribution in [0.4, 0.5) is 8.78 Å². The molecule has 1 aromatic carbocycles. The third-order valence-electron chi connectivity index (χ3n) is 5.08. The number of nitrogens with zero attached hydrogens (tertiary/aromatic N) is 1. The van der Waals surface area contributed by atoms with Crippen molar-refractivity contribution in [1.29, 1.82) is 0 Å². The third kappa shape index (κ3) is 4.49. The van der Waals surface area contributed by atoms with Gasteiger partial charge in [0, 0.05) is 18.2 Å². The zero-order valence-corrected chi connectivity index (χ0v) is 14.9. The summed E-state index contributed by atoms with van der Waals surface area (Å²) in [4.78, 5) is 14.6. The van der Waals surface area contributed by atoms with E-state index in [0.29, 0.717) is 13.0 Å². The zero-order chi connectivity index (χ0) is 17.1. The topological polar surface area (TPSA) is 55.6 Å². The highest BCUT2D eigenvalue weighted by Crippen LogP contribution is 2.29. The molecule has 0 spiro atoms. The monoisotopic (exact) mass is 374 g/mol. The maximum absolute atomic E-state index is 14.0. The summed E-state index contributed by atoms with van der Waals surface area (Å²) in [6.45, 7) is 0.338. The molecule has 1 aromatic rings. The van der Waals surface area contributed by atoms with Gasteiger partial charge in [0.1, 0.15) is 17.7 Å². The standard InChI is InChI=1S/C18H24F2N2O2.ClH/c19-15-6-3-7-16(20)14(15)11-22(12-4-1-2-5-12)18(23)17-9-8-13(10-21)24-17;/h3,6-7,12-13,17H,1-2,4-5,8-11,21H2;1H/t13-,17+;/m1./s1. The predicted molar refractivity (Wildman–Crippen MR) is 93.4 cm³/mol. The largest absolute Gasteiger partial charge is 0.364 e. The van der Waals surface area contributed by atoms with E-state index in [1.165, 1.54) is 18.2 Å². The molecule has 2 atom stereocenters. The molecular formula is C18H25ClF2N2O2. The van der Waals surface area contributed by atoms with Gasteiger partial charge < -0.3 is 15.4 Å². The van der Waals surface area contributed by atoms with Crippen molar-refractivity contribution in [3.8, 4) is 0 Å². The number of carbonyl (C=O) groups excluding carboxylic acids is 1. The average molecular weight is 375 g/mol. The number of amides is 1. The first kappa shape index (κ1) is 20.1. The lowest BCUT2D eigenvalue weighted by atomic mass is 10.1. The van der Waals surface area contributed by atoms with E-state index in [0.717, 1.165) is 32.1 Å². The Bertz CT molecular complexity index is 576. The van der Waals surface area contributed by atoms with Gasteiger partial charge in [-0.05, 0) is 37.8 Å². The summed E-state index contributed by atoms with van der Waals surface area (Å²) in [5, 5.41) is 0. The second kappa shape index (κ2) is 8.92. The first-order valence-corrected chi connectivity index (χ1v) is 8.69. The van der Waals surface area contributed by atoms with E-state index in [4.69, 9.17) is 10.5 Å². The first-order chi connectivity index (χ1) is 11.6. The van der Waals surface area contributed by atoms with Crippen LogP contribution in [0.1, 0.15) is 44.1 Å². The van der Waals surface area contributed by atoms with Crippen LogP contribution in [0.3, 0.4) is 0 Å². The molecule has 1 saturated carbocycles. The van der Waals surface area contributed by atoms with Crippen molar-refractivity contribution in [2.24, 2.45) is 5.73 Å². The number of hydrogen-bond acceptors (Lipinski definition) is 3. The molecule has 0 unspecified atom stereocenters. The molecule has 0 aromatic heterocycles. The zero-order valence-electron chi connectivity index (χ0n) is 14.1. The van der Waals surface area contributed by atoms with E-state index in [-0.39, 0.29) is 42.6 Å². The highest BCUT2D eigenvalue weighted by Gasteiger charge is 2.37. The maximum Gasteiger partial charge on any atom is 0.252 e. The van der Waals surface area contributed by atoms with Gasteiger partial charge in [-0.1, -0.05) is 18.9 Å². The van der Waals surface area contributed by atoms with Crippen molar-refractivity contribution in [1.82, 2.24) is 4.90 Å². The number of benzene rings is 1. The minimum atomic E-state index is -0.613. The van der Waals surface area contributed by atoms with Crippen LogP contribution in [0.15, 0.2) is 18.2 Å². The van der Waals surface area contributed by atoms with Gasteiger partial charge in [0.25, 0.3) is 5.91 Å². The van der Waals surface area contributed by atoms with Gasteiger partial charge in [0.2, 0.25) is 0 Å². The summed E-state index contributed by atoms with van der Waals surface area (Å²) in [7, 11) is 0. The Balaban J connectivity index is 0.00000225. The van der Waals surface area contributed by atoms with Crippen LogP contribution in [-0.4, -0.2) is 35.6 Å². The van der Waals surface area contributed by atoms with Crippen LogP contribution in [0.25, 0.3) is 0 Å². The molecule has 1 amide bonds. The van der Waals surface area contributed by atoms with Crippen molar-refractivity contribution in [3.05, 3.63) is 35.4 Å². The lowest BCUT2D eigenvalue weighted by molar-refractivity contribution is -0.146. The minimum absolute atomic E-state index is 0. The number of nitrogens with two attached hydrogens (primary N) is 1. The number of halogens is 3. The fourth-order valence-corrected chi connectivity index (χ4v) is 3.70. The van der Waals surface area contributed by atoms with E-state index in [1.807, 2.05) is 0 Å². The molecule has 7 heteroatoms. The second-order valence-corrected chi connectivity index (χ2v) is 6.66. The highest BCUT2D eigenvalue weighted by atomic mass is 35.5. The Morgan fingerprint density at radius 1 is 1.16 bits per heavy atom. The van der Waals surface area contributed by atoms with Gasteiger partial charge >= 0.3 is 0 Å². The Labute approximate surface area is 153 Å². The number of hydrogen-bond donors (Lipinski definition) is 1. The molecule has 2 N–H and O–H groups in total. The molecule has 1 aliphatic heterocycles.